The molecule has 0 unspecified atom stereocenters. The summed E-state index contributed by atoms with van der Waals surface area (Å²) in [6.07, 6.45) is 1.11. The molecule has 1 N–H and O–H groups in total. The van der Waals surface area contributed by atoms with Crippen LogP contribution in [0.1, 0.15) is 23.2 Å². The van der Waals surface area contributed by atoms with Gasteiger partial charge in [-0.25, -0.2) is 0 Å². The third-order valence-corrected chi connectivity index (χ3v) is 2.35. The van der Waals surface area contributed by atoms with Crippen molar-refractivity contribution >= 4 is 28.2 Å². The highest BCUT2D eigenvalue weighted by Crippen LogP contribution is 2.22. The van der Waals surface area contributed by atoms with E-state index in [1.807, 2.05) is 0 Å². The molecule has 0 fully saturated rings. The Labute approximate surface area is 101 Å². The number of rotatable bonds is 5. The number of hydrogen-bond donors (Lipinski definition) is 1. The molecule has 0 spiro atoms. The van der Waals surface area contributed by atoms with Gasteiger partial charge in [-0.2, -0.15) is 0 Å². The third kappa shape index (κ3) is 3.75. The van der Waals surface area contributed by atoms with Crippen LogP contribution in [0.3, 0.4) is 0 Å². The van der Waals surface area contributed by atoms with Crippen molar-refractivity contribution in [2.75, 3.05) is 6.61 Å². The van der Waals surface area contributed by atoms with E-state index in [1.165, 1.54) is 0 Å². The van der Waals surface area contributed by atoms with Crippen LogP contribution >= 0.6 is 15.9 Å². The predicted octanol–water partition coefficient (Wildman–Crippen LogP) is 1.94. The van der Waals surface area contributed by atoms with Gasteiger partial charge in [0.05, 0.1) is 5.56 Å². The molecule has 0 bridgehead atoms. The summed E-state index contributed by atoms with van der Waals surface area (Å²) in [6, 6.07) is 4.80. The monoisotopic (exact) mass is 286 g/mol. The molecule has 0 atom stereocenters. The molecular weight excluding hydrogens is 276 g/mol. The summed E-state index contributed by atoms with van der Waals surface area (Å²) in [5.74, 6) is -0.222. The number of halogens is 1. The third-order valence-electron chi connectivity index (χ3n) is 1.86. The van der Waals surface area contributed by atoms with Crippen LogP contribution in [-0.4, -0.2) is 24.0 Å². The lowest BCUT2D eigenvalue weighted by Gasteiger charge is -2.06. The quantitative estimate of drug-likeness (QED) is 0.510. The van der Waals surface area contributed by atoms with E-state index in [0.717, 1.165) is 4.47 Å². The van der Waals surface area contributed by atoms with Gasteiger partial charge in [-0.15, -0.1) is 0 Å². The van der Waals surface area contributed by atoms with Crippen LogP contribution in [0, 0.1) is 0 Å². The molecule has 1 aromatic carbocycles. The van der Waals surface area contributed by atoms with Crippen LogP contribution in [0.25, 0.3) is 0 Å². The molecule has 0 radical (unpaired) electrons. The molecule has 0 amide bonds. The van der Waals surface area contributed by atoms with Gasteiger partial charge in [0.25, 0.3) is 0 Å². The Morgan fingerprint density at radius 1 is 1.50 bits per heavy atom. The second-order valence-corrected chi connectivity index (χ2v) is 4.02. The lowest BCUT2D eigenvalue weighted by atomic mass is 10.2. The summed E-state index contributed by atoms with van der Waals surface area (Å²) in [4.78, 5) is 22.0. The molecule has 0 aromatic heterocycles. The standard InChI is InChI=1S/C11H11BrO4/c12-9-3-4-10(8(6-9)7-14)16-11(15)2-1-5-13/h3-4,6-7,13H,1-2,5H2. The summed E-state index contributed by atoms with van der Waals surface area (Å²) in [6.45, 7) is -0.0595. The first-order valence-electron chi connectivity index (χ1n) is 4.73. The Bertz CT molecular complexity index is 390. The molecule has 5 heteroatoms. The summed E-state index contributed by atoms with van der Waals surface area (Å²) in [5, 5.41) is 8.55. The minimum absolute atomic E-state index is 0.0595. The fourth-order valence-electron chi connectivity index (χ4n) is 1.10. The smallest absolute Gasteiger partial charge is 0.311 e. The fourth-order valence-corrected chi connectivity index (χ4v) is 1.48. The first-order valence-corrected chi connectivity index (χ1v) is 5.53. The average Bonchev–Trinajstić information content (AvgIpc) is 2.28. The van der Waals surface area contributed by atoms with Crippen molar-refractivity contribution in [2.24, 2.45) is 0 Å². The summed E-state index contributed by atoms with van der Waals surface area (Å²) < 4.78 is 5.73. The van der Waals surface area contributed by atoms with Crippen LogP contribution in [0.2, 0.25) is 0 Å². The lowest BCUT2D eigenvalue weighted by molar-refractivity contribution is -0.134. The molecule has 0 saturated carbocycles. The number of ether oxygens (including phenoxy) is 1. The van der Waals surface area contributed by atoms with Crippen molar-refractivity contribution in [1.29, 1.82) is 0 Å². The Balaban J connectivity index is 2.72. The zero-order valence-corrected chi connectivity index (χ0v) is 10.1. The van der Waals surface area contributed by atoms with Gasteiger partial charge in [-0.1, -0.05) is 15.9 Å². The van der Waals surface area contributed by atoms with E-state index >= 15 is 0 Å². The van der Waals surface area contributed by atoms with Crippen LogP contribution < -0.4 is 4.74 Å². The number of carbonyl (C=O) groups excluding carboxylic acids is 2. The fraction of sp³-hybridized carbons (Fsp3) is 0.273. The second-order valence-electron chi connectivity index (χ2n) is 3.10. The van der Waals surface area contributed by atoms with Crippen molar-refractivity contribution in [1.82, 2.24) is 0 Å². The van der Waals surface area contributed by atoms with Gasteiger partial charge in [-0.3, -0.25) is 9.59 Å². The molecule has 86 valence electrons. The van der Waals surface area contributed by atoms with Crippen LogP contribution in [-0.2, 0) is 4.79 Å². The van der Waals surface area contributed by atoms with E-state index < -0.39 is 5.97 Å². The zero-order valence-electron chi connectivity index (χ0n) is 8.48. The summed E-state index contributed by atoms with van der Waals surface area (Å²) in [5.41, 5.74) is 0.312. The van der Waals surface area contributed by atoms with Crippen molar-refractivity contribution in [3.8, 4) is 5.75 Å². The molecule has 0 aliphatic heterocycles. The normalized spacial score (nSPS) is 9.88. The molecule has 0 heterocycles. The van der Waals surface area contributed by atoms with E-state index in [9.17, 15) is 9.59 Å². The topological polar surface area (TPSA) is 63.6 Å². The Morgan fingerprint density at radius 3 is 2.88 bits per heavy atom. The van der Waals surface area contributed by atoms with Crippen molar-refractivity contribution in [3.63, 3.8) is 0 Å². The van der Waals surface area contributed by atoms with E-state index in [1.54, 1.807) is 18.2 Å². The van der Waals surface area contributed by atoms with E-state index in [2.05, 4.69) is 15.9 Å². The SMILES string of the molecule is O=Cc1cc(Br)ccc1OC(=O)CCCO. The van der Waals surface area contributed by atoms with Crippen molar-refractivity contribution in [2.45, 2.75) is 12.8 Å². The molecule has 4 nitrogen and oxygen atoms in total. The van der Waals surface area contributed by atoms with Gasteiger partial charge < -0.3 is 9.84 Å². The van der Waals surface area contributed by atoms with E-state index in [4.69, 9.17) is 9.84 Å². The van der Waals surface area contributed by atoms with Gasteiger partial charge in [0.2, 0.25) is 0 Å². The average molecular weight is 287 g/mol. The lowest BCUT2D eigenvalue weighted by Crippen LogP contribution is -2.09. The summed E-state index contributed by atoms with van der Waals surface area (Å²) >= 11 is 3.21. The highest BCUT2D eigenvalue weighted by atomic mass is 79.9. The minimum atomic E-state index is -0.459. The number of hydrogen-bond acceptors (Lipinski definition) is 4. The van der Waals surface area contributed by atoms with E-state index in [0.29, 0.717) is 18.3 Å². The molecule has 1 rings (SSSR count). The Morgan fingerprint density at radius 2 is 2.25 bits per heavy atom. The predicted molar refractivity (Wildman–Crippen MR) is 61.5 cm³/mol. The van der Waals surface area contributed by atoms with Gasteiger partial charge in [0.1, 0.15) is 5.75 Å². The maximum absolute atomic E-state index is 11.3. The maximum Gasteiger partial charge on any atom is 0.311 e. The molecular formula is C11H11BrO4. The van der Waals surface area contributed by atoms with Crippen LogP contribution in [0.4, 0.5) is 0 Å². The first-order chi connectivity index (χ1) is 7.67. The molecule has 1 aromatic rings. The minimum Gasteiger partial charge on any atom is -0.426 e. The van der Waals surface area contributed by atoms with Crippen LogP contribution in [0.5, 0.6) is 5.75 Å². The van der Waals surface area contributed by atoms with Gasteiger partial charge in [0.15, 0.2) is 6.29 Å². The number of esters is 1. The number of carbonyl (C=O) groups is 2. The first kappa shape index (κ1) is 12.9. The Hall–Kier alpha value is -1.20. The van der Waals surface area contributed by atoms with Crippen molar-refractivity contribution in [3.05, 3.63) is 28.2 Å². The number of aldehydes is 1. The number of aliphatic hydroxyl groups is 1. The maximum atomic E-state index is 11.3. The highest BCUT2D eigenvalue weighted by Gasteiger charge is 2.08. The van der Waals surface area contributed by atoms with Crippen LogP contribution in [0.15, 0.2) is 22.7 Å². The van der Waals surface area contributed by atoms with Gasteiger partial charge in [0, 0.05) is 17.5 Å². The zero-order chi connectivity index (χ0) is 12.0. The van der Waals surface area contributed by atoms with E-state index in [-0.39, 0.29) is 18.8 Å². The number of aliphatic hydroxyl groups excluding tert-OH is 1. The Kier molecular flexibility index (Phi) is 5.14. The molecule has 0 saturated heterocycles. The molecule has 16 heavy (non-hydrogen) atoms. The largest absolute Gasteiger partial charge is 0.426 e. The van der Waals surface area contributed by atoms with Gasteiger partial charge >= 0.3 is 5.97 Å². The van der Waals surface area contributed by atoms with Gasteiger partial charge in [-0.05, 0) is 24.6 Å². The molecule has 0 aliphatic rings. The molecule has 0 aliphatic carbocycles. The summed E-state index contributed by atoms with van der Waals surface area (Å²) in [7, 11) is 0. The van der Waals surface area contributed by atoms with Crippen molar-refractivity contribution < 1.29 is 19.4 Å². The highest BCUT2D eigenvalue weighted by molar-refractivity contribution is 9.10. The number of benzene rings is 1. The second kappa shape index (κ2) is 6.40.